The molecule has 1 heterocycles. The van der Waals surface area contributed by atoms with E-state index in [1.165, 1.54) is 7.11 Å². The number of carbonyl (C=O) groups excluding carboxylic acids is 2. The van der Waals surface area contributed by atoms with Gasteiger partial charge in [-0.3, -0.25) is 14.6 Å². The summed E-state index contributed by atoms with van der Waals surface area (Å²) in [5.41, 5.74) is 1.03. The highest BCUT2D eigenvalue weighted by molar-refractivity contribution is 6.47. The number of aliphatic imine (C=N–C) groups is 1. The Balaban J connectivity index is 1.55. The molecular formula is C25H29N3O5. The van der Waals surface area contributed by atoms with E-state index in [2.05, 4.69) is 5.32 Å². The maximum atomic E-state index is 13.5. The molecule has 0 saturated heterocycles. The van der Waals surface area contributed by atoms with Crippen LogP contribution >= 0.6 is 0 Å². The number of hydrogen-bond acceptors (Lipinski definition) is 6. The number of rotatable bonds is 7. The summed E-state index contributed by atoms with van der Waals surface area (Å²) in [5, 5.41) is 2.87. The monoisotopic (exact) mass is 451 g/mol. The Labute approximate surface area is 193 Å². The molecule has 2 aliphatic rings. The van der Waals surface area contributed by atoms with E-state index in [0.29, 0.717) is 28.6 Å². The molecular weight excluding hydrogens is 422 g/mol. The Hall–Kier alpha value is -3.55. The minimum Gasteiger partial charge on any atom is -0.497 e. The van der Waals surface area contributed by atoms with Crippen LogP contribution in [0.4, 0.5) is 5.69 Å². The van der Waals surface area contributed by atoms with Gasteiger partial charge in [-0.05, 0) is 62.1 Å². The van der Waals surface area contributed by atoms with Crippen molar-refractivity contribution in [3.8, 4) is 17.2 Å². The normalized spacial score (nSPS) is 17.0. The van der Waals surface area contributed by atoms with Crippen molar-refractivity contribution in [1.29, 1.82) is 0 Å². The molecule has 2 amide bonds. The second-order valence-corrected chi connectivity index (χ2v) is 8.24. The van der Waals surface area contributed by atoms with E-state index in [0.717, 1.165) is 37.7 Å². The zero-order valence-electron chi connectivity index (χ0n) is 19.2. The van der Waals surface area contributed by atoms with Gasteiger partial charge >= 0.3 is 0 Å². The predicted molar refractivity (Wildman–Crippen MR) is 125 cm³/mol. The van der Waals surface area contributed by atoms with Crippen molar-refractivity contribution in [3.63, 3.8) is 0 Å². The van der Waals surface area contributed by atoms with E-state index in [1.807, 2.05) is 24.3 Å². The topological polar surface area (TPSA) is 89.5 Å². The van der Waals surface area contributed by atoms with Crippen molar-refractivity contribution in [3.05, 3.63) is 48.0 Å². The number of carbonyl (C=O) groups is 2. The van der Waals surface area contributed by atoms with Crippen molar-refractivity contribution in [2.24, 2.45) is 4.99 Å². The molecule has 2 aromatic carbocycles. The fourth-order valence-electron chi connectivity index (χ4n) is 4.55. The molecule has 0 unspecified atom stereocenters. The number of benzene rings is 2. The lowest BCUT2D eigenvalue weighted by molar-refractivity contribution is -0.134. The summed E-state index contributed by atoms with van der Waals surface area (Å²) in [5.74, 6) is 1.30. The molecule has 33 heavy (non-hydrogen) atoms. The van der Waals surface area contributed by atoms with Crippen LogP contribution in [0.2, 0.25) is 0 Å². The zero-order valence-corrected chi connectivity index (χ0v) is 19.2. The Kier molecular flexibility index (Phi) is 6.53. The highest BCUT2D eigenvalue weighted by Gasteiger charge is 2.48. The minimum atomic E-state index is -0.667. The number of hydrogen-bond donors (Lipinski definition) is 1. The molecule has 1 spiro atoms. The van der Waals surface area contributed by atoms with Gasteiger partial charge in [-0.2, -0.15) is 0 Å². The largest absolute Gasteiger partial charge is 0.497 e. The minimum absolute atomic E-state index is 0.0731. The van der Waals surface area contributed by atoms with Crippen LogP contribution in [0.3, 0.4) is 0 Å². The summed E-state index contributed by atoms with van der Waals surface area (Å²) in [7, 11) is 4.69. The van der Waals surface area contributed by atoms with Crippen LogP contribution in [0.1, 0.15) is 37.7 Å². The number of ether oxygens (including phenoxy) is 3. The SMILES string of the molecule is COc1ccc(C2=NC3(CCCCC3)N(CC(=O)Nc3ccc(OC)c(OC)c3)C2=O)cc1. The van der Waals surface area contributed by atoms with Gasteiger partial charge in [0.25, 0.3) is 5.91 Å². The van der Waals surface area contributed by atoms with Crippen LogP contribution in [0, 0.1) is 0 Å². The number of amides is 2. The smallest absolute Gasteiger partial charge is 0.275 e. The van der Waals surface area contributed by atoms with Crippen molar-refractivity contribution in [2.45, 2.75) is 37.8 Å². The van der Waals surface area contributed by atoms with Crippen LogP contribution in [-0.2, 0) is 9.59 Å². The molecule has 1 aliphatic heterocycles. The second-order valence-electron chi connectivity index (χ2n) is 8.24. The first-order chi connectivity index (χ1) is 16.0. The fraction of sp³-hybridized carbons (Fsp3) is 0.400. The lowest BCUT2D eigenvalue weighted by Gasteiger charge is -2.38. The van der Waals surface area contributed by atoms with E-state index in [-0.39, 0.29) is 18.4 Å². The average molecular weight is 452 g/mol. The van der Waals surface area contributed by atoms with Crippen molar-refractivity contribution >= 4 is 23.2 Å². The van der Waals surface area contributed by atoms with Crippen LogP contribution in [0.25, 0.3) is 0 Å². The third-order valence-electron chi connectivity index (χ3n) is 6.26. The first-order valence-electron chi connectivity index (χ1n) is 11.1. The van der Waals surface area contributed by atoms with Crippen LogP contribution < -0.4 is 19.5 Å². The van der Waals surface area contributed by atoms with Gasteiger partial charge in [0.15, 0.2) is 11.5 Å². The first kappa shape index (κ1) is 22.6. The number of nitrogens with one attached hydrogen (secondary N) is 1. The summed E-state index contributed by atoms with van der Waals surface area (Å²) in [4.78, 5) is 33.0. The van der Waals surface area contributed by atoms with Gasteiger partial charge in [0.05, 0.1) is 21.3 Å². The maximum Gasteiger partial charge on any atom is 0.275 e. The molecule has 2 aromatic rings. The van der Waals surface area contributed by atoms with E-state index in [4.69, 9.17) is 19.2 Å². The van der Waals surface area contributed by atoms with E-state index in [9.17, 15) is 9.59 Å². The molecule has 0 bridgehead atoms. The third-order valence-corrected chi connectivity index (χ3v) is 6.26. The average Bonchev–Trinajstić information content (AvgIpc) is 3.10. The Morgan fingerprint density at radius 1 is 0.970 bits per heavy atom. The molecule has 1 N–H and O–H groups in total. The molecule has 1 saturated carbocycles. The van der Waals surface area contributed by atoms with Crippen LogP contribution in [0.5, 0.6) is 17.2 Å². The Morgan fingerprint density at radius 2 is 1.67 bits per heavy atom. The van der Waals surface area contributed by atoms with Gasteiger partial charge in [0, 0.05) is 17.3 Å². The quantitative estimate of drug-likeness (QED) is 0.694. The molecule has 1 fully saturated rings. The number of nitrogens with zero attached hydrogens (tertiary/aromatic N) is 2. The van der Waals surface area contributed by atoms with Gasteiger partial charge < -0.3 is 24.4 Å². The zero-order chi connectivity index (χ0) is 23.4. The van der Waals surface area contributed by atoms with E-state index >= 15 is 0 Å². The summed E-state index contributed by atoms with van der Waals surface area (Å²) >= 11 is 0. The van der Waals surface area contributed by atoms with Crippen molar-refractivity contribution in [1.82, 2.24) is 4.90 Å². The number of methoxy groups -OCH3 is 3. The van der Waals surface area contributed by atoms with E-state index in [1.54, 1.807) is 37.3 Å². The number of anilines is 1. The fourth-order valence-corrected chi connectivity index (χ4v) is 4.55. The van der Waals surface area contributed by atoms with E-state index < -0.39 is 5.66 Å². The molecule has 0 aromatic heterocycles. The second kappa shape index (κ2) is 9.52. The first-order valence-corrected chi connectivity index (χ1v) is 11.1. The van der Waals surface area contributed by atoms with Crippen molar-refractivity contribution in [2.75, 3.05) is 33.2 Å². The lowest BCUT2D eigenvalue weighted by atomic mass is 9.88. The summed E-state index contributed by atoms with van der Waals surface area (Å²) < 4.78 is 15.8. The Bertz CT molecular complexity index is 1060. The molecule has 8 nitrogen and oxygen atoms in total. The molecule has 174 valence electrons. The molecule has 0 atom stereocenters. The third kappa shape index (κ3) is 4.51. The molecule has 4 rings (SSSR count). The van der Waals surface area contributed by atoms with Crippen LogP contribution in [-0.4, -0.2) is 56.0 Å². The Morgan fingerprint density at radius 3 is 2.30 bits per heavy atom. The van der Waals surface area contributed by atoms with Crippen LogP contribution in [0.15, 0.2) is 47.5 Å². The predicted octanol–water partition coefficient (Wildman–Crippen LogP) is 3.64. The summed E-state index contributed by atoms with van der Waals surface area (Å²) in [6.45, 7) is -0.0731. The highest BCUT2D eigenvalue weighted by Crippen LogP contribution is 2.39. The van der Waals surface area contributed by atoms with Gasteiger partial charge in [0.2, 0.25) is 5.91 Å². The van der Waals surface area contributed by atoms with Gasteiger partial charge in [-0.1, -0.05) is 6.42 Å². The molecule has 1 aliphatic carbocycles. The van der Waals surface area contributed by atoms with Crippen molar-refractivity contribution < 1.29 is 23.8 Å². The maximum absolute atomic E-state index is 13.5. The van der Waals surface area contributed by atoms with Gasteiger partial charge in [0.1, 0.15) is 23.7 Å². The summed E-state index contributed by atoms with van der Waals surface area (Å²) in [6.07, 6.45) is 4.56. The van der Waals surface area contributed by atoms with Gasteiger partial charge in [-0.25, -0.2) is 0 Å². The molecule has 0 radical (unpaired) electrons. The summed E-state index contributed by atoms with van der Waals surface area (Å²) in [6, 6.07) is 12.4. The molecule has 8 heteroatoms. The highest BCUT2D eigenvalue weighted by atomic mass is 16.5. The lowest BCUT2D eigenvalue weighted by Crippen LogP contribution is -2.51. The van der Waals surface area contributed by atoms with Gasteiger partial charge in [-0.15, -0.1) is 0 Å². The standard InChI is InChI=1S/C25H29N3O5/c1-31-19-10-7-17(8-11-19)23-24(30)28(25(27-23)13-5-4-6-14-25)16-22(29)26-18-9-12-20(32-2)21(15-18)33-3/h7-12,15H,4-6,13-14,16H2,1-3H3,(H,26,29).